The highest BCUT2D eigenvalue weighted by Crippen LogP contribution is 2.23. The number of rotatable bonds is 7. The molecule has 0 amide bonds. The molecule has 0 atom stereocenters. The number of hydrogen-bond acceptors (Lipinski definition) is 6. The summed E-state index contributed by atoms with van der Waals surface area (Å²) in [5, 5.41) is 3.34. The minimum absolute atomic E-state index is 0.278. The molecule has 4 rings (SSSR count). The molecule has 7 heteroatoms. The molecule has 28 heavy (non-hydrogen) atoms. The Kier molecular flexibility index (Phi) is 5.23. The summed E-state index contributed by atoms with van der Waals surface area (Å²) in [6.07, 6.45) is 8.92. The van der Waals surface area contributed by atoms with Gasteiger partial charge in [0.2, 0.25) is 0 Å². The molecule has 0 aromatic carbocycles. The predicted octanol–water partition coefficient (Wildman–Crippen LogP) is 3.91. The highest BCUT2D eigenvalue weighted by Gasteiger charge is 2.15. The first-order chi connectivity index (χ1) is 13.7. The number of fused-ring (bicyclic) bond motifs is 1. The maximum atomic E-state index is 4.82. The van der Waals surface area contributed by atoms with Crippen molar-refractivity contribution in [3.63, 3.8) is 0 Å². The van der Waals surface area contributed by atoms with Gasteiger partial charge < -0.3 is 9.88 Å². The van der Waals surface area contributed by atoms with E-state index >= 15 is 0 Å². The Morgan fingerprint density at radius 2 is 1.96 bits per heavy atom. The standard InChI is InChI=1S/C21H23N7/c1-15(2)28-14-25-19-17(8-6-12-24-18-9-3-4-11-23-18)26-20(27-21(19)28)16-7-5-10-22-13-16/h3-5,7,9-11,13-15H,6,8,12H2,1-2H3,(H,23,24). The summed E-state index contributed by atoms with van der Waals surface area (Å²) in [6.45, 7) is 5.07. The smallest absolute Gasteiger partial charge is 0.164 e. The summed E-state index contributed by atoms with van der Waals surface area (Å²) in [6, 6.07) is 10.0. The van der Waals surface area contributed by atoms with Crippen molar-refractivity contribution in [2.75, 3.05) is 11.9 Å². The summed E-state index contributed by atoms with van der Waals surface area (Å²) < 4.78 is 2.09. The van der Waals surface area contributed by atoms with Crippen molar-refractivity contribution in [3.05, 3.63) is 60.9 Å². The van der Waals surface area contributed by atoms with E-state index in [0.717, 1.165) is 47.6 Å². The number of anilines is 1. The molecule has 0 aliphatic carbocycles. The second kappa shape index (κ2) is 8.12. The van der Waals surface area contributed by atoms with E-state index in [1.54, 1.807) is 18.6 Å². The lowest BCUT2D eigenvalue weighted by molar-refractivity contribution is 0.612. The van der Waals surface area contributed by atoms with Gasteiger partial charge in [-0.2, -0.15) is 0 Å². The van der Waals surface area contributed by atoms with E-state index in [9.17, 15) is 0 Å². The van der Waals surface area contributed by atoms with E-state index in [0.29, 0.717) is 5.82 Å². The van der Waals surface area contributed by atoms with Crippen LogP contribution < -0.4 is 5.32 Å². The van der Waals surface area contributed by atoms with Gasteiger partial charge in [0.15, 0.2) is 11.5 Å². The highest BCUT2D eigenvalue weighted by molar-refractivity contribution is 5.76. The fourth-order valence-electron chi connectivity index (χ4n) is 3.09. The molecule has 0 aliphatic rings. The molecular formula is C21H23N7. The van der Waals surface area contributed by atoms with Crippen LogP contribution >= 0.6 is 0 Å². The second-order valence-corrected chi connectivity index (χ2v) is 6.90. The average molecular weight is 373 g/mol. The van der Waals surface area contributed by atoms with Crippen LogP contribution in [0.15, 0.2) is 55.2 Å². The van der Waals surface area contributed by atoms with Gasteiger partial charge in [-0.05, 0) is 51.0 Å². The molecule has 0 spiro atoms. The van der Waals surface area contributed by atoms with E-state index < -0.39 is 0 Å². The van der Waals surface area contributed by atoms with Crippen LogP contribution in [0.5, 0.6) is 0 Å². The van der Waals surface area contributed by atoms with Gasteiger partial charge in [-0.3, -0.25) is 4.98 Å². The van der Waals surface area contributed by atoms with Crippen molar-refractivity contribution < 1.29 is 0 Å². The summed E-state index contributed by atoms with van der Waals surface area (Å²) in [7, 11) is 0. The van der Waals surface area contributed by atoms with Crippen molar-refractivity contribution in [1.29, 1.82) is 0 Å². The van der Waals surface area contributed by atoms with Crippen molar-refractivity contribution in [3.8, 4) is 11.4 Å². The summed E-state index contributed by atoms with van der Waals surface area (Å²) in [5.41, 5.74) is 3.62. The Morgan fingerprint density at radius 3 is 2.71 bits per heavy atom. The number of hydrogen-bond donors (Lipinski definition) is 1. The van der Waals surface area contributed by atoms with E-state index in [1.807, 2.05) is 36.7 Å². The molecule has 4 aromatic heterocycles. The molecule has 0 saturated carbocycles. The third-order valence-corrected chi connectivity index (χ3v) is 4.53. The number of pyridine rings is 2. The van der Waals surface area contributed by atoms with Gasteiger partial charge in [-0.15, -0.1) is 0 Å². The van der Waals surface area contributed by atoms with Gasteiger partial charge in [0.1, 0.15) is 11.3 Å². The van der Waals surface area contributed by atoms with Crippen LogP contribution in [0, 0.1) is 0 Å². The first kappa shape index (κ1) is 18.0. The van der Waals surface area contributed by atoms with Crippen LogP contribution in [0.3, 0.4) is 0 Å². The molecule has 0 radical (unpaired) electrons. The van der Waals surface area contributed by atoms with Crippen LogP contribution in [0.2, 0.25) is 0 Å². The van der Waals surface area contributed by atoms with Crippen molar-refractivity contribution >= 4 is 17.0 Å². The molecule has 4 heterocycles. The number of aryl methyl sites for hydroxylation is 1. The van der Waals surface area contributed by atoms with Crippen LogP contribution in [-0.2, 0) is 6.42 Å². The van der Waals surface area contributed by atoms with Crippen LogP contribution in [-0.4, -0.2) is 36.0 Å². The van der Waals surface area contributed by atoms with Gasteiger partial charge in [0, 0.05) is 36.7 Å². The minimum Gasteiger partial charge on any atom is -0.370 e. The summed E-state index contributed by atoms with van der Waals surface area (Å²) in [5.74, 6) is 1.58. The van der Waals surface area contributed by atoms with Crippen molar-refractivity contribution in [1.82, 2.24) is 29.5 Å². The lowest BCUT2D eigenvalue weighted by Gasteiger charge is -2.10. The van der Waals surface area contributed by atoms with Crippen LogP contribution in [0.1, 0.15) is 32.0 Å². The lowest BCUT2D eigenvalue weighted by Crippen LogP contribution is -2.07. The highest BCUT2D eigenvalue weighted by atomic mass is 15.1. The van der Waals surface area contributed by atoms with E-state index in [1.165, 1.54) is 0 Å². The quantitative estimate of drug-likeness (QED) is 0.495. The zero-order valence-electron chi connectivity index (χ0n) is 16.1. The van der Waals surface area contributed by atoms with Crippen LogP contribution in [0.25, 0.3) is 22.6 Å². The zero-order chi connectivity index (χ0) is 19.3. The number of aromatic nitrogens is 6. The van der Waals surface area contributed by atoms with E-state index in [2.05, 4.69) is 38.7 Å². The van der Waals surface area contributed by atoms with Gasteiger partial charge in [-0.25, -0.2) is 19.9 Å². The first-order valence-electron chi connectivity index (χ1n) is 9.51. The second-order valence-electron chi connectivity index (χ2n) is 6.90. The van der Waals surface area contributed by atoms with Crippen LogP contribution in [0.4, 0.5) is 5.82 Å². The predicted molar refractivity (Wildman–Crippen MR) is 110 cm³/mol. The van der Waals surface area contributed by atoms with Crippen molar-refractivity contribution in [2.45, 2.75) is 32.7 Å². The normalized spacial score (nSPS) is 11.2. The SMILES string of the molecule is CC(C)n1cnc2c(CCCNc3ccccn3)nc(-c3cccnc3)nc21. The van der Waals surface area contributed by atoms with Gasteiger partial charge in [-0.1, -0.05) is 6.07 Å². The molecule has 0 aliphatic heterocycles. The maximum absolute atomic E-state index is 4.82. The molecule has 4 aromatic rings. The maximum Gasteiger partial charge on any atom is 0.164 e. The molecule has 0 fully saturated rings. The fourth-order valence-corrected chi connectivity index (χ4v) is 3.09. The van der Waals surface area contributed by atoms with E-state index in [4.69, 9.17) is 9.97 Å². The summed E-state index contributed by atoms with van der Waals surface area (Å²) in [4.78, 5) is 22.7. The summed E-state index contributed by atoms with van der Waals surface area (Å²) >= 11 is 0. The van der Waals surface area contributed by atoms with E-state index in [-0.39, 0.29) is 6.04 Å². The molecular weight excluding hydrogens is 350 g/mol. The van der Waals surface area contributed by atoms with Gasteiger partial charge in [0.25, 0.3) is 0 Å². The third kappa shape index (κ3) is 3.83. The molecule has 0 unspecified atom stereocenters. The Labute approximate surface area is 163 Å². The Morgan fingerprint density at radius 1 is 1.04 bits per heavy atom. The Hall–Kier alpha value is -3.35. The topological polar surface area (TPSA) is 81.4 Å². The van der Waals surface area contributed by atoms with Crippen molar-refractivity contribution in [2.24, 2.45) is 0 Å². The minimum atomic E-state index is 0.278. The Balaban J connectivity index is 1.60. The molecule has 0 saturated heterocycles. The number of imidazole rings is 1. The average Bonchev–Trinajstić information content (AvgIpc) is 3.17. The molecule has 1 N–H and O–H groups in total. The zero-order valence-corrected chi connectivity index (χ0v) is 16.1. The number of nitrogens with one attached hydrogen (secondary N) is 1. The third-order valence-electron chi connectivity index (χ3n) is 4.53. The van der Waals surface area contributed by atoms with Gasteiger partial charge >= 0.3 is 0 Å². The van der Waals surface area contributed by atoms with Gasteiger partial charge in [0.05, 0.1) is 12.0 Å². The lowest BCUT2D eigenvalue weighted by atomic mass is 10.2. The number of nitrogens with zero attached hydrogens (tertiary/aromatic N) is 6. The molecule has 7 nitrogen and oxygen atoms in total. The Bertz CT molecular complexity index is 1040. The largest absolute Gasteiger partial charge is 0.370 e. The molecule has 0 bridgehead atoms. The monoisotopic (exact) mass is 373 g/mol. The first-order valence-corrected chi connectivity index (χ1v) is 9.51. The molecule has 142 valence electrons. The fraction of sp³-hybridized carbons (Fsp3) is 0.286.